The van der Waals surface area contributed by atoms with Crippen molar-refractivity contribution in [2.24, 2.45) is 7.05 Å². The second-order valence-corrected chi connectivity index (χ2v) is 10.1. The average Bonchev–Trinajstić information content (AvgIpc) is 3.55. The molecular weight excluding hydrogens is 496 g/mol. The second-order valence-electron chi connectivity index (χ2n) is 10.1. The van der Waals surface area contributed by atoms with Crippen LogP contribution < -0.4 is 9.47 Å². The maximum Gasteiger partial charge on any atom is 0.240 e. The first-order chi connectivity index (χ1) is 18.6. The quantitative estimate of drug-likeness (QED) is 0.405. The lowest BCUT2D eigenvalue weighted by molar-refractivity contribution is 0.199. The number of pyridine rings is 1. The van der Waals surface area contributed by atoms with E-state index in [4.69, 9.17) is 19.6 Å². The molecule has 5 heterocycles. The van der Waals surface area contributed by atoms with Crippen molar-refractivity contribution in [1.82, 2.24) is 39.6 Å². The van der Waals surface area contributed by atoms with Gasteiger partial charge in [-0.05, 0) is 59.9 Å². The summed E-state index contributed by atoms with van der Waals surface area (Å²) in [5, 5.41) is 28.0. The van der Waals surface area contributed by atoms with Gasteiger partial charge in [-0.3, -0.25) is 19.7 Å². The third-order valence-corrected chi connectivity index (χ3v) is 7.32. The Morgan fingerprint density at radius 1 is 1.23 bits per heavy atom. The highest BCUT2D eigenvalue weighted by molar-refractivity contribution is 5.93. The molecule has 0 saturated heterocycles. The standard InChI is InChI=1S/C28H36N8O3/c1-9-38-27-20-10-11-22-21-12-23(29-17(4)26(21)31-30-22)25-16(3)32-35(8)28(25)39-19(6)18(5)34(7)13-24(20)36(33-27)15(2)14-37/h10-12,15,18,37H,6,9,13-14H2,1-5,7-8H3,(H,30,31)/b11-10+/t15-,18+/m0/s1. The molecule has 0 radical (unpaired) electrons. The fourth-order valence-electron chi connectivity index (χ4n) is 4.96. The molecule has 0 fully saturated rings. The van der Waals surface area contributed by atoms with Gasteiger partial charge in [-0.15, -0.1) is 5.10 Å². The minimum Gasteiger partial charge on any atom is -0.476 e. The summed E-state index contributed by atoms with van der Waals surface area (Å²) >= 11 is 0. The highest BCUT2D eigenvalue weighted by atomic mass is 16.5. The number of aromatic amines is 1. The summed E-state index contributed by atoms with van der Waals surface area (Å²) in [6, 6.07) is 1.62. The second kappa shape index (κ2) is 10.3. The predicted molar refractivity (Wildman–Crippen MR) is 150 cm³/mol. The summed E-state index contributed by atoms with van der Waals surface area (Å²) in [5.41, 5.74) is 6.55. The SMILES string of the molecule is C=C1Oc2c(c(C)nn2C)-c2cc3c([nH]nc3c(C)n2)/C=C/c2c(OCC)nn([C@@H](C)CO)c2CN(C)[C@@H]1C. The number of nitrogens with one attached hydrogen (secondary N) is 1. The van der Waals surface area contributed by atoms with Crippen LogP contribution in [-0.2, 0) is 13.6 Å². The van der Waals surface area contributed by atoms with Crippen molar-refractivity contribution in [1.29, 1.82) is 0 Å². The molecule has 2 N–H and O–H groups in total. The summed E-state index contributed by atoms with van der Waals surface area (Å²) in [5.74, 6) is 1.67. The molecule has 11 nitrogen and oxygen atoms in total. The monoisotopic (exact) mass is 532 g/mol. The largest absolute Gasteiger partial charge is 0.476 e. The van der Waals surface area contributed by atoms with Crippen molar-refractivity contribution in [2.75, 3.05) is 20.3 Å². The van der Waals surface area contributed by atoms with Crippen molar-refractivity contribution in [3.8, 4) is 23.0 Å². The lowest BCUT2D eigenvalue weighted by Crippen LogP contribution is -2.33. The third-order valence-electron chi connectivity index (χ3n) is 7.32. The van der Waals surface area contributed by atoms with Gasteiger partial charge < -0.3 is 14.6 Å². The fraction of sp³-hybridized carbons (Fsp3) is 0.429. The average molecular weight is 533 g/mol. The number of aromatic nitrogens is 7. The molecule has 1 aliphatic heterocycles. The van der Waals surface area contributed by atoms with Gasteiger partial charge in [0.05, 0.1) is 64.9 Å². The number of fused-ring (bicyclic) bond motifs is 4. The van der Waals surface area contributed by atoms with Crippen LogP contribution in [0.1, 0.15) is 55.2 Å². The summed E-state index contributed by atoms with van der Waals surface area (Å²) in [4.78, 5) is 7.00. The minimum absolute atomic E-state index is 0.0542. The molecule has 0 amide bonds. The predicted octanol–water partition coefficient (Wildman–Crippen LogP) is 4.02. The van der Waals surface area contributed by atoms with Crippen LogP contribution in [0.2, 0.25) is 0 Å². The van der Waals surface area contributed by atoms with Gasteiger partial charge in [0.1, 0.15) is 11.3 Å². The number of rotatable bonds is 4. The van der Waals surface area contributed by atoms with Crippen LogP contribution in [0.4, 0.5) is 0 Å². The number of aliphatic hydroxyl groups is 1. The molecule has 5 rings (SSSR count). The molecule has 4 aromatic rings. The Balaban J connectivity index is 1.78. The van der Waals surface area contributed by atoms with E-state index in [1.807, 2.05) is 71.6 Å². The highest BCUT2D eigenvalue weighted by Crippen LogP contribution is 2.37. The van der Waals surface area contributed by atoms with Crippen LogP contribution in [0.5, 0.6) is 11.8 Å². The zero-order chi connectivity index (χ0) is 28.0. The zero-order valence-electron chi connectivity index (χ0n) is 23.6. The third kappa shape index (κ3) is 4.61. The number of hydrogen-bond donors (Lipinski definition) is 2. The molecule has 11 heteroatoms. The smallest absolute Gasteiger partial charge is 0.240 e. The van der Waals surface area contributed by atoms with E-state index in [9.17, 15) is 5.11 Å². The van der Waals surface area contributed by atoms with Gasteiger partial charge in [0, 0.05) is 19.0 Å². The van der Waals surface area contributed by atoms with E-state index >= 15 is 0 Å². The van der Waals surface area contributed by atoms with Gasteiger partial charge in [0.15, 0.2) is 0 Å². The van der Waals surface area contributed by atoms with E-state index in [1.54, 1.807) is 4.68 Å². The first-order valence-electron chi connectivity index (χ1n) is 13.1. The fourth-order valence-corrected chi connectivity index (χ4v) is 4.96. The summed E-state index contributed by atoms with van der Waals surface area (Å²) in [7, 11) is 3.86. The van der Waals surface area contributed by atoms with E-state index in [1.165, 1.54) is 0 Å². The first kappa shape index (κ1) is 26.6. The summed E-state index contributed by atoms with van der Waals surface area (Å²) in [6.45, 7) is 15.0. The van der Waals surface area contributed by atoms with Crippen molar-refractivity contribution >= 4 is 23.1 Å². The van der Waals surface area contributed by atoms with Crippen molar-refractivity contribution < 1.29 is 14.6 Å². The van der Waals surface area contributed by atoms with Crippen molar-refractivity contribution in [2.45, 2.75) is 53.2 Å². The first-order valence-corrected chi connectivity index (χ1v) is 13.1. The van der Waals surface area contributed by atoms with Crippen LogP contribution in [0.15, 0.2) is 18.4 Å². The molecule has 0 unspecified atom stereocenters. The maximum absolute atomic E-state index is 10.0. The number of H-pyrrole nitrogens is 1. The summed E-state index contributed by atoms with van der Waals surface area (Å²) < 4.78 is 15.9. The Hall–Kier alpha value is -3.96. The van der Waals surface area contributed by atoms with Crippen molar-refractivity contribution in [3.05, 3.63) is 46.7 Å². The number of ether oxygens (including phenoxy) is 2. The maximum atomic E-state index is 10.0. The van der Waals surface area contributed by atoms with Crippen LogP contribution in [0, 0.1) is 13.8 Å². The Kier molecular flexibility index (Phi) is 7.04. The van der Waals surface area contributed by atoms with E-state index < -0.39 is 0 Å². The molecule has 2 bridgehead atoms. The molecule has 0 saturated carbocycles. The lowest BCUT2D eigenvalue weighted by atomic mass is 10.1. The lowest BCUT2D eigenvalue weighted by Gasteiger charge is -2.27. The molecule has 2 atom stereocenters. The van der Waals surface area contributed by atoms with E-state index in [2.05, 4.69) is 26.8 Å². The molecule has 1 aliphatic rings. The van der Waals surface area contributed by atoms with Gasteiger partial charge in [0.2, 0.25) is 11.8 Å². The molecule has 0 spiro atoms. The van der Waals surface area contributed by atoms with E-state index in [-0.39, 0.29) is 18.7 Å². The van der Waals surface area contributed by atoms with E-state index in [0.29, 0.717) is 30.7 Å². The van der Waals surface area contributed by atoms with Crippen LogP contribution in [-0.4, -0.2) is 71.1 Å². The van der Waals surface area contributed by atoms with Gasteiger partial charge in [-0.25, -0.2) is 4.68 Å². The van der Waals surface area contributed by atoms with E-state index in [0.717, 1.165) is 50.5 Å². The number of aryl methyl sites for hydroxylation is 3. The van der Waals surface area contributed by atoms with Gasteiger partial charge in [-0.1, -0.05) is 6.58 Å². The Morgan fingerprint density at radius 3 is 2.72 bits per heavy atom. The zero-order valence-corrected chi connectivity index (χ0v) is 23.6. The minimum atomic E-state index is -0.240. The highest BCUT2D eigenvalue weighted by Gasteiger charge is 2.27. The Labute approximate surface area is 227 Å². The molecule has 0 aliphatic carbocycles. The van der Waals surface area contributed by atoms with Crippen molar-refractivity contribution in [3.63, 3.8) is 0 Å². The molecule has 39 heavy (non-hydrogen) atoms. The van der Waals surface area contributed by atoms with Crippen LogP contribution >= 0.6 is 0 Å². The normalized spacial score (nSPS) is 17.8. The topological polar surface area (TPSA) is 119 Å². The molecule has 206 valence electrons. The molecular formula is C28H36N8O3. The number of hydrogen-bond acceptors (Lipinski definition) is 8. The number of nitrogens with zero attached hydrogens (tertiary/aromatic N) is 7. The van der Waals surface area contributed by atoms with Crippen LogP contribution in [0.25, 0.3) is 34.3 Å². The van der Waals surface area contributed by atoms with Gasteiger partial charge in [-0.2, -0.15) is 10.2 Å². The van der Waals surface area contributed by atoms with Gasteiger partial charge >= 0.3 is 0 Å². The molecule has 4 aromatic heterocycles. The number of likely N-dealkylation sites (N-methyl/N-ethyl adjacent to an activating group) is 1. The van der Waals surface area contributed by atoms with Crippen LogP contribution in [0.3, 0.4) is 0 Å². The van der Waals surface area contributed by atoms with Gasteiger partial charge in [0.25, 0.3) is 0 Å². The summed E-state index contributed by atoms with van der Waals surface area (Å²) in [6.07, 6.45) is 3.99. The Bertz CT molecular complexity index is 1580. The number of aliphatic hydroxyl groups excluding tert-OH is 1. The molecule has 0 aromatic carbocycles. The Morgan fingerprint density at radius 2 is 2.00 bits per heavy atom.